The fraction of sp³-hybridized carbons (Fsp3) is 0.296. The number of pyridine rings is 2. The number of nitrogens with one attached hydrogen (secondary N) is 1. The Balaban J connectivity index is 1.17. The Morgan fingerprint density at radius 2 is 1.92 bits per heavy atom. The molecule has 194 valence electrons. The van der Waals surface area contributed by atoms with Gasteiger partial charge in [0.2, 0.25) is 0 Å². The predicted octanol–water partition coefficient (Wildman–Crippen LogP) is 4.35. The van der Waals surface area contributed by atoms with Crippen LogP contribution in [0.1, 0.15) is 19.2 Å². The molecule has 1 aromatic carbocycles. The average Bonchev–Trinajstić information content (AvgIpc) is 3.51. The Morgan fingerprint density at radius 3 is 2.74 bits per heavy atom. The third-order valence-electron chi connectivity index (χ3n) is 6.66. The minimum atomic E-state index is -0.667. The van der Waals surface area contributed by atoms with Gasteiger partial charge in [0.1, 0.15) is 29.5 Å². The highest BCUT2D eigenvalue weighted by Crippen LogP contribution is 2.24. The van der Waals surface area contributed by atoms with Crippen LogP contribution in [0.5, 0.6) is 5.75 Å². The molecule has 5 aromatic rings. The molecule has 0 spiro atoms. The van der Waals surface area contributed by atoms with E-state index >= 15 is 0 Å². The third kappa shape index (κ3) is 5.10. The maximum atomic E-state index is 13.7. The number of nitrogens with zero attached hydrogens (tertiary/aromatic N) is 7. The summed E-state index contributed by atoms with van der Waals surface area (Å²) >= 11 is 0. The van der Waals surface area contributed by atoms with Gasteiger partial charge >= 0.3 is 0 Å². The van der Waals surface area contributed by atoms with Gasteiger partial charge in [-0.1, -0.05) is 6.92 Å². The van der Waals surface area contributed by atoms with Crippen LogP contribution in [0.15, 0.2) is 54.9 Å². The van der Waals surface area contributed by atoms with E-state index in [1.54, 1.807) is 29.0 Å². The van der Waals surface area contributed by atoms with E-state index in [0.29, 0.717) is 52.7 Å². The molecular weight excluding hydrogens is 490 g/mol. The van der Waals surface area contributed by atoms with Crippen molar-refractivity contribution in [3.63, 3.8) is 0 Å². The molecule has 1 aliphatic heterocycles. The molecule has 6 rings (SSSR count). The molecule has 0 bridgehead atoms. The molecule has 5 heterocycles. The zero-order chi connectivity index (χ0) is 26.1. The van der Waals surface area contributed by atoms with E-state index < -0.39 is 11.6 Å². The molecule has 9 nitrogen and oxygen atoms in total. The van der Waals surface area contributed by atoms with Crippen LogP contribution in [0.3, 0.4) is 0 Å². The summed E-state index contributed by atoms with van der Waals surface area (Å²) in [5.74, 6) is 0.626. The maximum Gasteiger partial charge on any atom is 0.178 e. The number of aromatic nitrogens is 6. The van der Waals surface area contributed by atoms with Crippen LogP contribution in [-0.4, -0.2) is 60.9 Å². The molecule has 1 N–H and O–H groups in total. The van der Waals surface area contributed by atoms with Crippen molar-refractivity contribution >= 4 is 22.4 Å². The molecule has 38 heavy (non-hydrogen) atoms. The Labute approximate surface area is 217 Å². The first kappa shape index (κ1) is 24.1. The van der Waals surface area contributed by atoms with E-state index in [1.165, 1.54) is 18.6 Å². The normalized spacial score (nSPS) is 15.9. The van der Waals surface area contributed by atoms with Gasteiger partial charge in [-0.05, 0) is 49.2 Å². The van der Waals surface area contributed by atoms with Crippen molar-refractivity contribution in [2.75, 3.05) is 31.6 Å². The molecule has 4 aromatic heterocycles. The minimum absolute atomic E-state index is 0.294. The monoisotopic (exact) mass is 516 g/mol. The number of hydrogen-bond donors (Lipinski definition) is 1. The Morgan fingerprint density at radius 1 is 1.05 bits per heavy atom. The zero-order valence-corrected chi connectivity index (χ0v) is 20.8. The van der Waals surface area contributed by atoms with Gasteiger partial charge in [-0.2, -0.15) is 9.61 Å². The maximum absolute atomic E-state index is 13.7. The van der Waals surface area contributed by atoms with Gasteiger partial charge in [-0.25, -0.2) is 13.8 Å². The van der Waals surface area contributed by atoms with Crippen molar-refractivity contribution in [1.82, 2.24) is 34.7 Å². The molecule has 0 amide bonds. The van der Waals surface area contributed by atoms with Crippen LogP contribution in [0.4, 0.5) is 14.5 Å². The zero-order valence-electron chi connectivity index (χ0n) is 20.8. The van der Waals surface area contributed by atoms with Crippen molar-refractivity contribution in [3.05, 3.63) is 72.3 Å². The number of fused-ring (bicyclic) bond motifs is 2. The summed E-state index contributed by atoms with van der Waals surface area (Å²) in [6, 6.07) is 10.4. The number of halogens is 2. The van der Waals surface area contributed by atoms with Gasteiger partial charge in [-0.3, -0.25) is 9.88 Å². The second kappa shape index (κ2) is 10.3. The first-order chi connectivity index (χ1) is 18.5. The van der Waals surface area contributed by atoms with E-state index in [-0.39, 0.29) is 0 Å². The molecular formula is C27H26F2N8O. The SMILES string of the molecule is C[C@@H]1CCN(CCOc2cnc3c(NCc4nnc5ccc(-c6cc(F)cc(F)c6)nn45)ccnc3c2)C1. The van der Waals surface area contributed by atoms with Crippen LogP contribution in [-0.2, 0) is 6.54 Å². The van der Waals surface area contributed by atoms with Gasteiger partial charge in [0, 0.05) is 37.0 Å². The van der Waals surface area contributed by atoms with Gasteiger partial charge in [-0.15, -0.1) is 10.2 Å². The number of ether oxygens (including phenoxy) is 1. The standard InChI is InChI=1S/C27H26F2N8O/c1-17-5-7-36(16-17)8-9-38-21-13-24-27(32-14-21)23(4-6-30-24)31-15-26-34-33-25-3-2-22(35-37(25)26)18-10-19(28)12-20(29)11-18/h2-4,6,10-14,17H,5,7-9,15-16H2,1H3,(H,30,31)/t17-/m1/s1. The van der Waals surface area contributed by atoms with Crippen LogP contribution in [0.2, 0.25) is 0 Å². The summed E-state index contributed by atoms with van der Waals surface area (Å²) in [4.78, 5) is 11.5. The highest BCUT2D eigenvalue weighted by molar-refractivity contribution is 5.87. The summed E-state index contributed by atoms with van der Waals surface area (Å²) < 4.78 is 34.9. The van der Waals surface area contributed by atoms with Gasteiger partial charge < -0.3 is 10.1 Å². The number of rotatable bonds is 8. The van der Waals surface area contributed by atoms with Crippen molar-refractivity contribution in [2.45, 2.75) is 19.9 Å². The topological polar surface area (TPSA) is 93.4 Å². The van der Waals surface area contributed by atoms with Crippen molar-refractivity contribution in [3.8, 4) is 17.0 Å². The van der Waals surface area contributed by atoms with Crippen molar-refractivity contribution in [1.29, 1.82) is 0 Å². The van der Waals surface area contributed by atoms with E-state index in [0.717, 1.165) is 37.3 Å². The lowest BCUT2D eigenvalue weighted by Gasteiger charge is -2.15. The molecule has 0 saturated carbocycles. The Kier molecular flexibility index (Phi) is 6.50. The average molecular weight is 517 g/mol. The first-order valence-electron chi connectivity index (χ1n) is 12.5. The van der Waals surface area contributed by atoms with Crippen LogP contribution in [0, 0.1) is 17.6 Å². The Hall–Kier alpha value is -4.25. The van der Waals surface area contributed by atoms with Crippen LogP contribution < -0.4 is 10.1 Å². The van der Waals surface area contributed by atoms with Crippen LogP contribution >= 0.6 is 0 Å². The van der Waals surface area contributed by atoms with E-state index in [2.05, 4.69) is 42.4 Å². The molecule has 1 aliphatic rings. The highest BCUT2D eigenvalue weighted by Gasteiger charge is 2.18. The Bertz CT molecular complexity index is 1590. The van der Waals surface area contributed by atoms with Gasteiger partial charge in [0.25, 0.3) is 0 Å². The molecule has 1 atom stereocenters. The lowest BCUT2D eigenvalue weighted by Crippen LogP contribution is -2.25. The van der Waals surface area contributed by atoms with Crippen molar-refractivity contribution in [2.24, 2.45) is 5.92 Å². The van der Waals surface area contributed by atoms with Crippen LogP contribution in [0.25, 0.3) is 27.9 Å². The summed E-state index contributed by atoms with van der Waals surface area (Å²) in [6.07, 6.45) is 4.66. The van der Waals surface area contributed by atoms with E-state index in [1.807, 2.05) is 12.1 Å². The fourth-order valence-electron chi connectivity index (χ4n) is 4.73. The highest BCUT2D eigenvalue weighted by atomic mass is 19.1. The lowest BCUT2D eigenvalue weighted by atomic mass is 10.1. The predicted molar refractivity (Wildman–Crippen MR) is 139 cm³/mol. The summed E-state index contributed by atoms with van der Waals surface area (Å²) in [7, 11) is 0. The molecule has 1 saturated heterocycles. The molecule has 1 fully saturated rings. The van der Waals surface area contributed by atoms with E-state index in [9.17, 15) is 8.78 Å². The fourth-order valence-corrected chi connectivity index (χ4v) is 4.73. The quantitative estimate of drug-likeness (QED) is 0.326. The smallest absolute Gasteiger partial charge is 0.178 e. The second-order valence-electron chi connectivity index (χ2n) is 9.56. The molecule has 0 radical (unpaired) electrons. The molecule has 11 heteroatoms. The summed E-state index contributed by atoms with van der Waals surface area (Å²) in [6.45, 7) is 6.32. The third-order valence-corrected chi connectivity index (χ3v) is 6.66. The number of anilines is 1. The molecule has 0 aliphatic carbocycles. The summed E-state index contributed by atoms with van der Waals surface area (Å²) in [5.41, 5.74) is 3.43. The number of hydrogen-bond acceptors (Lipinski definition) is 8. The lowest BCUT2D eigenvalue weighted by molar-refractivity contribution is 0.233. The van der Waals surface area contributed by atoms with E-state index in [4.69, 9.17) is 4.74 Å². The van der Waals surface area contributed by atoms with Gasteiger partial charge in [0.05, 0.1) is 29.6 Å². The second-order valence-corrected chi connectivity index (χ2v) is 9.56. The number of likely N-dealkylation sites (tertiary alicyclic amines) is 1. The summed E-state index contributed by atoms with van der Waals surface area (Å²) in [5, 5.41) is 16.2. The number of benzene rings is 1. The first-order valence-corrected chi connectivity index (χ1v) is 12.5. The van der Waals surface area contributed by atoms with Gasteiger partial charge in [0.15, 0.2) is 11.5 Å². The minimum Gasteiger partial charge on any atom is -0.491 e. The molecule has 0 unspecified atom stereocenters. The van der Waals surface area contributed by atoms with Crippen molar-refractivity contribution < 1.29 is 13.5 Å². The largest absolute Gasteiger partial charge is 0.491 e.